The maximum atomic E-state index is 13.8. The average Bonchev–Trinajstić information content (AvgIpc) is 3.31. The molecule has 0 radical (unpaired) electrons. The van der Waals surface area contributed by atoms with E-state index in [1.165, 1.54) is 18.9 Å². The molecular formula is C15H20ClFIN3. The maximum absolute atomic E-state index is 13.8. The van der Waals surface area contributed by atoms with E-state index in [0.29, 0.717) is 10.6 Å². The van der Waals surface area contributed by atoms with Crippen molar-refractivity contribution >= 4 is 41.5 Å². The third-order valence-electron chi connectivity index (χ3n) is 3.96. The molecule has 0 bridgehead atoms. The molecule has 0 aliphatic heterocycles. The van der Waals surface area contributed by atoms with Gasteiger partial charge in [0.15, 0.2) is 5.96 Å². The van der Waals surface area contributed by atoms with Crippen molar-refractivity contribution in [2.24, 2.45) is 10.9 Å². The first-order chi connectivity index (χ1) is 9.69. The van der Waals surface area contributed by atoms with Crippen LogP contribution >= 0.6 is 35.6 Å². The second-order valence-corrected chi connectivity index (χ2v) is 6.03. The summed E-state index contributed by atoms with van der Waals surface area (Å²) >= 11 is 6.10. The first-order valence-electron chi connectivity index (χ1n) is 7.10. The molecule has 21 heavy (non-hydrogen) atoms. The number of hydrogen-bond acceptors (Lipinski definition) is 1. The molecule has 2 saturated carbocycles. The Balaban J connectivity index is 0.00000161. The Morgan fingerprint density at radius 3 is 2.81 bits per heavy atom. The molecule has 1 aromatic rings. The molecule has 0 amide bonds. The summed E-state index contributed by atoms with van der Waals surface area (Å²) in [7, 11) is 1.76. The van der Waals surface area contributed by atoms with Crippen molar-refractivity contribution in [3.05, 3.63) is 34.6 Å². The fourth-order valence-electron chi connectivity index (χ4n) is 2.47. The van der Waals surface area contributed by atoms with Crippen molar-refractivity contribution in [2.45, 2.75) is 31.2 Å². The molecule has 0 saturated heterocycles. The molecule has 2 N–H and O–H groups in total. The van der Waals surface area contributed by atoms with Gasteiger partial charge in [-0.3, -0.25) is 4.99 Å². The molecule has 1 aromatic carbocycles. The minimum atomic E-state index is -0.215. The molecule has 6 heteroatoms. The summed E-state index contributed by atoms with van der Waals surface area (Å²) in [6.07, 6.45) is 3.51. The van der Waals surface area contributed by atoms with Gasteiger partial charge in [-0.05, 0) is 37.3 Å². The number of aliphatic imine (C=N–C) groups is 1. The van der Waals surface area contributed by atoms with E-state index in [4.69, 9.17) is 11.6 Å². The zero-order valence-corrected chi connectivity index (χ0v) is 15.0. The van der Waals surface area contributed by atoms with Crippen LogP contribution in [0.2, 0.25) is 5.02 Å². The molecule has 2 aliphatic carbocycles. The Hall–Kier alpha value is -0.560. The van der Waals surface area contributed by atoms with Crippen LogP contribution < -0.4 is 10.6 Å². The van der Waals surface area contributed by atoms with Crippen molar-refractivity contribution < 1.29 is 4.39 Å². The zero-order valence-electron chi connectivity index (χ0n) is 11.9. The molecular weight excluding hydrogens is 404 g/mol. The number of nitrogens with one attached hydrogen (secondary N) is 2. The summed E-state index contributed by atoms with van der Waals surface area (Å²) in [5.74, 6) is 1.53. The van der Waals surface area contributed by atoms with Crippen molar-refractivity contribution in [1.29, 1.82) is 0 Å². The molecule has 116 valence electrons. The van der Waals surface area contributed by atoms with E-state index in [1.807, 2.05) is 0 Å². The minimum Gasteiger partial charge on any atom is -0.356 e. The van der Waals surface area contributed by atoms with Crippen LogP contribution in [-0.4, -0.2) is 25.6 Å². The van der Waals surface area contributed by atoms with Crippen LogP contribution in [0.15, 0.2) is 23.2 Å². The summed E-state index contributed by atoms with van der Waals surface area (Å²) < 4.78 is 13.8. The average molecular weight is 424 g/mol. The topological polar surface area (TPSA) is 36.4 Å². The molecule has 0 spiro atoms. The summed E-state index contributed by atoms with van der Waals surface area (Å²) in [6, 6.07) is 5.07. The van der Waals surface area contributed by atoms with Gasteiger partial charge in [-0.2, -0.15) is 0 Å². The number of hydrogen-bond donors (Lipinski definition) is 2. The third kappa shape index (κ3) is 4.22. The lowest BCUT2D eigenvalue weighted by Crippen LogP contribution is -2.39. The molecule has 0 heterocycles. The van der Waals surface area contributed by atoms with E-state index in [0.717, 1.165) is 24.8 Å². The molecule has 3 nitrogen and oxygen atoms in total. The summed E-state index contributed by atoms with van der Waals surface area (Å²) in [5, 5.41) is 7.17. The van der Waals surface area contributed by atoms with Gasteiger partial charge in [0.05, 0.1) is 0 Å². The molecule has 2 fully saturated rings. The first-order valence-corrected chi connectivity index (χ1v) is 7.48. The standard InChI is InChI=1S/C15H19ClFN3.HI/c1-18-15(19-8-9-5-6-9)20-13-7-10(13)14-11(16)3-2-4-12(14)17;/h2-4,9-10,13H,5-8H2,1H3,(H2,18,19,20);1H. The quantitative estimate of drug-likeness (QED) is 0.442. The fourth-order valence-corrected chi connectivity index (χ4v) is 2.77. The Labute approximate surface area is 146 Å². The van der Waals surface area contributed by atoms with Crippen molar-refractivity contribution in [3.63, 3.8) is 0 Å². The number of halogens is 3. The number of benzene rings is 1. The summed E-state index contributed by atoms with van der Waals surface area (Å²) in [6.45, 7) is 0.970. The van der Waals surface area contributed by atoms with Gasteiger partial charge >= 0.3 is 0 Å². The van der Waals surface area contributed by atoms with Crippen LogP contribution in [0.5, 0.6) is 0 Å². The van der Waals surface area contributed by atoms with Gasteiger partial charge in [-0.15, -0.1) is 24.0 Å². The summed E-state index contributed by atoms with van der Waals surface area (Å²) in [5.41, 5.74) is 0.629. The SMILES string of the molecule is CN=C(NCC1CC1)NC1CC1c1c(F)cccc1Cl.I. The van der Waals surface area contributed by atoms with E-state index in [1.54, 1.807) is 19.2 Å². The van der Waals surface area contributed by atoms with Gasteiger partial charge in [0.25, 0.3) is 0 Å². The van der Waals surface area contributed by atoms with Gasteiger partial charge in [-0.1, -0.05) is 17.7 Å². The van der Waals surface area contributed by atoms with Crippen LogP contribution in [0.3, 0.4) is 0 Å². The van der Waals surface area contributed by atoms with Crippen LogP contribution in [0.1, 0.15) is 30.7 Å². The highest BCUT2D eigenvalue weighted by Crippen LogP contribution is 2.44. The van der Waals surface area contributed by atoms with Crippen LogP contribution in [0.25, 0.3) is 0 Å². The highest BCUT2D eigenvalue weighted by Gasteiger charge is 2.42. The molecule has 0 aromatic heterocycles. The first kappa shape index (κ1) is 16.8. The number of rotatable bonds is 4. The predicted octanol–water partition coefficient (Wildman–Crippen LogP) is 3.53. The van der Waals surface area contributed by atoms with Gasteiger partial charge < -0.3 is 10.6 Å². The second kappa shape index (κ2) is 7.13. The van der Waals surface area contributed by atoms with Crippen LogP contribution in [0, 0.1) is 11.7 Å². The largest absolute Gasteiger partial charge is 0.356 e. The van der Waals surface area contributed by atoms with Crippen molar-refractivity contribution in [1.82, 2.24) is 10.6 Å². The Kier molecular flexibility index (Phi) is 5.71. The zero-order chi connectivity index (χ0) is 14.1. The number of guanidine groups is 1. The smallest absolute Gasteiger partial charge is 0.191 e. The monoisotopic (exact) mass is 423 g/mol. The summed E-state index contributed by atoms with van der Waals surface area (Å²) in [4.78, 5) is 4.21. The predicted molar refractivity (Wildman–Crippen MR) is 95.2 cm³/mol. The Morgan fingerprint density at radius 1 is 1.43 bits per heavy atom. The second-order valence-electron chi connectivity index (χ2n) is 5.62. The molecule has 2 atom stereocenters. The van der Waals surface area contributed by atoms with Crippen LogP contribution in [0.4, 0.5) is 4.39 Å². The van der Waals surface area contributed by atoms with Gasteiger partial charge in [0.1, 0.15) is 5.82 Å². The van der Waals surface area contributed by atoms with Gasteiger partial charge in [-0.25, -0.2) is 4.39 Å². The van der Waals surface area contributed by atoms with Crippen molar-refractivity contribution in [2.75, 3.05) is 13.6 Å². The maximum Gasteiger partial charge on any atom is 0.191 e. The molecule has 2 unspecified atom stereocenters. The lowest BCUT2D eigenvalue weighted by Gasteiger charge is -2.12. The lowest BCUT2D eigenvalue weighted by atomic mass is 10.1. The van der Waals surface area contributed by atoms with E-state index >= 15 is 0 Å². The fraction of sp³-hybridized carbons (Fsp3) is 0.533. The van der Waals surface area contributed by atoms with E-state index in [-0.39, 0.29) is 41.8 Å². The third-order valence-corrected chi connectivity index (χ3v) is 4.29. The minimum absolute atomic E-state index is 0. The molecule has 2 aliphatic rings. The van der Waals surface area contributed by atoms with Crippen molar-refractivity contribution in [3.8, 4) is 0 Å². The lowest BCUT2D eigenvalue weighted by molar-refractivity contribution is 0.607. The van der Waals surface area contributed by atoms with E-state index in [9.17, 15) is 4.39 Å². The van der Waals surface area contributed by atoms with Crippen LogP contribution in [-0.2, 0) is 0 Å². The van der Waals surface area contributed by atoms with E-state index in [2.05, 4.69) is 15.6 Å². The normalized spacial score (nSPS) is 24.2. The van der Waals surface area contributed by atoms with E-state index < -0.39 is 0 Å². The highest BCUT2D eigenvalue weighted by molar-refractivity contribution is 14.0. The Bertz CT molecular complexity index is 513. The van der Waals surface area contributed by atoms with Gasteiger partial charge in [0, 0.05) is 36.1 Å². The molecule has 3 rings (SSSR count). The van der Waals surface area contributed by atoms with Gasteiger partial charge in [0.2, 0.25) is 0 Å². The highest BCUT2D eigenvalue weighted by atomic mass is 127. The Morgan fingerprint density at radius 2 is 2.19 bits per heavy atom. The number of nitrogens with zero attached hydrogens (tertiary/aromatic N) is 1.